The second-order valence-electron chi connectivity index (χ2n) is 6.67. The molecule has 0 bridgehead atoms. The van der Waals surface area contributed by atoms with E-state index in [2.05, 4.69) is 34.4 Å². The second kappa shape index (κ2) is 9.08. The first-order valence-electron chi connectivity index (χ1n) is 9.25. The number of anilines is 2. The van der Waals surface area contributed by atoms with Gasteiger partial charge in [-0.25, -0.2) is 4.98 Å². The molecule has 0 saturated carbocycles. The van der Waals surface area contributed by atoms with Crippen molar-refractivity contribution in [2.45, 2.75) is 26.4 Å². The first kappa shape index (κ1) is 19.5. The molecule has 0 saturated heterocycles. The minimum atomic E-state index is 0.275. The highest BCUT2D eigenvalue weighted by Gasteiger charge is 2.09. The van der Waals surface area contributed by atoms with Crippen LogP contribution >= 0.6 is 0 Å². The van der Waals surface area contributed by atoms with E-state index in [4.69, 9.17) is 9.47 Å². The second-order valence-corrected chi connectivity index (χ2v) is 6.67. The van der Waals surface area contributed by atoms with Crippen molar-refractivity contribution in [2.24, 2.45) is 0 Å². The molecule has 3 aromatic rings. The summed E-state index contributed by atoms with van der Waals surface area (Å²) in [5, 5.41) is 6.67. The average molecular weight is 378 g/mol. The molecule has 6 nitrogen and oxygen atoms in total. The van der Waals surface area contributed by atoms with E-state index in [1.54, 1.807) is 14.2 Å². The van der Waals surface area contributed by atoms with Gasteiger partial charge in [-0.15, -0.1) is 0 Å². The molecule has 0 atom stereocenters. The summed E-state index contributed by atoms with van der Waals surface area (Å²) in [4.78, 5) is 9.29. The lowest BCUT2D eigenvalue weighted by molar-refractivity contribution is 0.354. The van der Waals surface area contributed by atoms with Crippen molar-refractivity contribution in [2.75, 3.05) is 24.9 Å². The van der Waals surface area contributed by atoms with Crippen molar-refractivity contribution >= 4 is 11.8 Å². The molecule has 1 aromatic heterocycles. The molecule has 3 rings (SSSR count). The molecular formula is C22H26N4O2. The molecule has 0 fully saturated rings. The predicted molar refractivity (Wildman–Crippen MR) is 113 cm³/mol. The average Bonchev–Trinajstić information content (AvgIpc) is 2.72. The molecule has 6 heteroatoms. The molecule has 28 heavy (non-hydrogen) atoms. The minimum Gasteiger partial charge on any atom is -0.493 e. The third kappa shape index (κ3) is 4.91. The molecule has 2 aromatic carbocycles. The Balaban J connectivity index is 1.84. The summed E-state index contributed by atoms with van der Waals surface area (Å²) in [5.41, 5.74) is 2.96. The Morgan fingerprint density at radius 1 is 0.893 bits per heavy atom. The molecule has 0 aliphatic rings. The van der Waals surface area contributed by atoms with Gasteiger partial charge in [0.2, 0.25) is 5.95 Å². The van der Waals surface area contributed by atoms with Crippen molar-refractivity contribution in [1.82, 2.24) is 9.97 Å². The molecular weight excluding hydrogens is 352 g/mol. The largest absolute Gasteiger partial charge is 0.493 e. The van der Waals surface area contributed by atoms with Crippen LogP contribution in [0.1, 0.15) is 19.4 Å². The molecule has 0 unspecified atom stereocenters. The summed E-state index contributed by atoms with van der Waals surface area (Å²) in [6.07, 6.45) is 0. The summed E-state index contributed by atoms with van der Waals surface area (Å²) >= 11 is 0. The first-order valence-corrected chi connectivity index (χ1v) is 9.25. The number of nitrogens with one attached hydrogen (secondary N) is 2. The van der Waals surface area contributed by atoms with Gasteiger partial charge >= 0.3 is 0 Å². The number of ether oxygens (including phenoxy) is 2. The molecule has 0 aliphatic heterocycles. The van der Waals surface area contributed by atoms with E-state index in [1.165, 1.54) is 0 Å². The van der Waals surface area contributed by atoms with Crippen LogP contribution in [0, 0.1) is 0 Å². The van der Waals surface area contributed by atoms with Crippen molar-refractivity contribution in [3.8, 4) is 22.8 Å². The standard InChI is InChI=1S/C22H26N4O2/c1-15(2)24-21-13-18(17-8-6-5-7-9-17)25-22(26-21)23-14-16-10-11-19(27-3)20(12-16)28-4/h5-13,15H,14H2,1-4H3,(H2,23,24,25,26). The number of nitrogens with zero attached hydrogens (tertiary/aromatic N) is 2. The minimum absolute atomic E-state index is 0.275. The zero-order chi connectivity index (χ0) is 19.9. The number of aromatic nitrogens is 2. The Labute approximate surface area is 166 Å². The van der Waals surface area contributed by atoms with E-state index in [9.17, 15) is 0 Å². The van der Waals surface area contributed by atoms with E-state index < -0.39 is 0 Å². The Bertz CT molecular complexity index is 914. The maximum absolute atomic E-state index is 5.37. The Morgan fingerprint density at radius 3 is 2.32 bits per heavy atom. The predicted octanol–water partition coefficient (Wildman–Crippen LogP) is 4.59. The lowest BCUT2D eigenvalue weighted by Gasteiger charge is -2.14. The first-order chi connectivity index (χ1) is 13.6. The van der Waals surface area contributed by atoms with Crippen LogP contribution < -0.4 is 20.1 Å². The van der Waals surface area contributed by atoms with Gasteiger partial charge in [0.25, 0.3) is 0 Å². The fraction of sp³-hybridized carbons (Fsp3) is 0.273. The third-order valence-electron chi connectivity index (χ3n) is 4.13. The normalized spacial score (nSPS) is 10.6. The van der Waals surface area contributed by atoms with Crippen LogP contribution in [-0.2, 0) is 6.54 Å². The fourth-order valence-electron chi connectivity index (χ4n) is 2.82. The van der Waals surface area contributed by atoms with Crippen LogP contribution in [0.4, 0.5) is 11.8 Å². The van der Waals surface area contributed by atoms with Crippen LogP contribution in [0.5, 0.6) is 11.5 Å². The van der Waals surface area contributed by atoms with Gasteiger partial charge in [0.15, 0.2) is 11.5 Å². The Hall–Kier alpha value is -3.28. The zero-order valence-electron chi connectivity index (χ0n) is 16.7. The zero-order valence-corrected chi connectivity index (χ0v) is 16.7. The molecule has 146 valence electrons. The van der Waals surface area contributed by atoms with Crippen molar-refractivity contribution in [3.05, 3.63) is 60.2 Å². The summed E-state index contributed by atoms with van der Waals surface area (Å²) in [5.74, 6) is 2.76. The summed E-state index contributed by atoms with van der Waals surface area (Å²) in [6, 6.07) is 18.2. The smallest absolute Gasteiger partial charge is 0.225 e. The van der Waals surface area contributed by atoms with Gasteiger partial charge in [0.05, 0.1) is 19.9 Å². The molecule has 1 heterocycles. The Morgan fingerprint density at radius 2 is 1.64 bits per heavy atom. The fourth-order valence-corrected chi connectivity index (χ4v) is 2.82. The van der Waals surface area contributed by atoms with Gasteiger partial charge in [-0.3, -0.25) is 0 Å². The molecule has 0 aliphatic carbocycles. The van der Waals surface area contributed by atoms with Crippen LogP contribution in [0.2, 0.25) is 0 Å². The van der Waals surface area contributed by atoms with Crippen LogP contribution in [0.15, 0.2) is 54.6 Å². The van der Waals surface area contributed by atoms with Crippen molar-refractivity contribution in [1.29, 1.82) is 0 Å². The summed E-state index contributed by atoms with van der Waals surface area (Å²) in [7, 11) is 3.26. The number of rotatable bonds is 8. The highest BCUT2D eigenvalue weighted by molar-refractivity contribution is 5.64. The van der Waals surface area contributed by atoms with Gasteiger partial charge in [0.1, 0.15) is 5.82 Å². The third-order valence-corrected chi connectivity index (χ3v) is 4.13. The monoisotopic (exact) mass is 378 g/mol. The highest BCUT2D eigenvalue weighted by Crippen LogP contribution is 2.28. The van der Waals surface area contributed by atoms with E-state index in [0.29, 0.717) is 24.0 Å². The number of methoxy groups -OCH3 is 2. The lowest BCUT2D eigenvalue weighted by Crippen LogP contribution is -2.13. The van der Waals surface area contributed by atoms with Crippen molar-refractivity contribution in [3.63, 3.8) is 0 Å². The quantitative estimate of drug-likeness (QED) is 0.597. The maximum atomic E-state index is 5.37. The van der Waals surface area contributed by atoms with E-state index >= 15 is 0 Å². The van der Waals surface area contributed by atoms with Crippen LogP contribution in [0.25, 0.3) is 11.3 Å². The number of benzene rings is 2. The summed E-state index contributed by atoms with van der Waals surface area (Å²) in [6.45, 7) is 4.74. The Kier molecular flexibility index (Phi) is 6.32. The molecule has 0 radical (unpaired) electrons. The van der Waals surface area contributed by atoms with Gasteiger partial charge in [0, 0.05) is 24.2 Å². The summed E-state index contributed by atoms with van der Waals surface area (Å²) < 4.78 is 10.7. The number of hydrogen-bond donors (Lipinski definition) is 2. The number of hydrogen-bond acceptors (Lipinski definition) is 6. The highest BCUT2D eigenvalue weighted by atomic mass is 16.5. The topological polar surface area (TPSA) is 68.3 Å². The van der Waals surface area contributed by atoms with E-state index in [-0.39, 0.29) is 6.04 Å². The van der Waals surface area contributed by atoms with Gasteiger partial charge < -0.3 is 20.1 Å². The van der Waals surface area contributed by atoms with Gasteiger partial charge in [-0.05, 0) is 31.5 Å². The maximum Gasteiger partial charge on any atom is 0.225 e. The lowest BCUT2D eigenvalue weighted by atomic mass is 10.1. The molecule has 2 N–H and O–H groups in total. The SMILES string of the molecule is COc1ccc(CNc2nc(NC(C)C)cc(-c3ccccc3)n2)cc1OC. The van der Waals surface area contributed by atoms with E-state index in [1.807, 2.05) is 54.6 Å². The van der Waals surface area contributed by atoms with E-state index in [0.717, 1.165) is 22.6 Å². The van der Waals surface area contributed by atoms with Crippen LogP contribution in [-0.4, -0.2) is 30.2 Å². The van der Waals surface area contributed by atoms with Gasteiger partial charge in [-0.1, -0.05) is 36.4 Å². The molecule has 0 amide bonds. The van der Waals surface area contributed by atoms with Crippen LogP contribution in [0.3, 0.4) is 0 Å². The van der Waals surface area contributed by atoms with Gasteiger partial charge in [-0.2, -0.15) is 4.98 Å². The molecule has 0 spiro atoms. The van der Waals surface area contributed by atoms with Crippen molar-refractivity contribution < 1.29 is 9.47 Å².